The number of aliphatic hydroxyl groups is 2. The Morgan fingerprint density at radius 1 is 1.09 bits per heavy atom. The SMILES string of the molecule is CC(C)S[C@@H]1O[C@@H]2COC(c3ccccc3)O[C@@H]2[C@H](O)[C@H]1O. The van der Waals surface area contributed by atoms with E-state index in [9.17, 15) is 10.2 Å². The molecule has 5 nitrogen and oxygen atoms in total. The zero-order valence-corrected chi connectivity index (χ0v) is 13.5. The minimum absolute atomic E-state index is 0.297. The fourth-order valence-corrected chi connectivity index (χ4v) is 3.80. The van der Waals surface area contributed by atoms with Crippen LogP contribution in [-0.4, -0.2) is 51.9 Å². The highest BCUT2D eigenvalue weighted by molar-refractivity contribution is 8.00. The van der Waals surface area contributed by atoms with Gasteiger partial charge < -0.3 is 24.4 Å². The van der Waals surface area contributed by atoms with E-state index in [4.69, 9.17) is 14.2 Å². The average molecular weight is 326 g/mol. The molecule has 0 aliphatic carbocycles. The van der Waals surface area contributed by atoms with Crippen molar-refractivity contribution in [1.82, 2.24) is 0 Å². The smallest absolute Gasteiger partial charge is 0.184 e. The van der Waals surface area contributed by atoms with Crippen molar-refractivity contribution in [1.29, 1.82) is 0 Å². The second kappa shape index (κ2) is 6.86. The third kappa shape index (κ3) is 3.32. The molecule has 1 unspecified atom stereocenters. The fraction of sp³-hybridized carbons (Fsp3) is 0.625. The zero-order valence-electron chi connectivity index (χ0n) is 12.7. The van der Waals surface area contributed by atoms with E-state index in [0.29, 0.717) is 11.9 Å². The average Bonchev–Trinajstić information content (AvgIpc) is 2.52. The minimum atomic E-state index is -0.981. The van der Waals surface area contributed by atoms with Gasteiger partial charge in [-0.2, -0.15) is 0 Å². The maximum absolute atomic E-state index is 10.4. The van der Waals surface area contributed by atoms with E-state index in [-0.39, 0.29) is 6.10 Å². The third-order valence-corrected chi connectivity index (χ3v) is 5.01. The number of hydrogen-bond acceptors (Lipinski definition) is 6. The van der Waals surface area contributed by atoms with Gasteiger partial charge in [-0.15, -0.1) is 11.8 Å². The quantitative estimate of drug-likeness (QED) is 0.881. The molecule has 0 radical (unpaired) electrons. The Morgan fingerprint density at radius 3 is 2.50 bits per heavy atom. The summed E-state index contributed by atoms with van der Waals surface area (Å²) in [5.41, 5.74) is 0.429. The summed E-state index contributed by atoms with van der Waals surface area (Å²) >= 11 is 1.50. The van der Waals surface area contributed by atoms with E-state index in [2.05, 4.69) is 0 Å². The van der Waals surface area contributed by atoms with Gasteiger partial charge in [-0.25, -0.2) is 0 Å². The van der Waals surface area contributed by atoms with Gasteiger partial charge in [-0.1, -0.05) is 44.2 Å². The topological polar surface area (TPSA) is 68.2 Å². The fourth-order valence-electron chi connectivity index (χ4n) is 2.74. The predicted molar refractivity (Wildman–Crippen MR) is 83.4 cm³/mol. The van der Waals surface area contributed by atoms with Gasteiger partial charge >= 0.3 is 0 Å². The standard InChI is InChI=1S/C16H22O5S/c1-9(2)22-16-13(18)12(17)14-11(20-16)8-19-15(21-14)10-6-4-3-5-7-10/h3-7,9,11-18H,8H2,1-2H3/t11-,12-,13-,14+,15?,16+/m1/s1. The summed E-state index contributed by atoms with van der Waals surface area (Å²) in [5, 5.41) is 21.0. The highest BCUT2D eigenvalue weighted by atomic mass is 32.2. The molecular weight excluding hydrogens is 304 g/mol. The first-order valence-electron chi connectivity index (χ1n) is 7.55. The van der Waals surface area contributed by atoms with Crippen LogP contribution < -0.4 is 0 Å². The highest BCUT2D eigenvalue weighted by Crippen LogP contribution is 2.37. The Hall–Kier alpha value is -0.630. The van der Waals surface area contributed by atoms with Crippen LogP contribution in [0.15, 0.2) is 30.3 Å². The summed E-state index contributed by atoms with van der Waals surface area (Å²) in [4.78, 5) is 0. The first kappa shape index (κ1) is 16.2. The number of aliphatic hydroxyl groups excluding tert-OH is 2. The van der Waals surface area contributed by atoms with E-state index in [0.717, 1.165) is 5.56 Å². The Labute approximate surface area is 134 Å². The van der Waals surface area contributed by atoms with Crippen LogP contribution in [0.5, 0.6) is 0 Å². The van der Waals surface area contributed by atoms with Crippen molar-refractivity contribution < 1.29 is 24.4 Å². The molecule has 122 valence electrons. The van der Waals surface area contributed by atoms with Crippen molar-refractivity contribution >= 4 is 11.8 Å². The minimum Gasteiger partial charge on any atom is -0.387 e. The Balaban J connectivity index is 1.70. The van der Waals surface area contributed by atoms with Crippen LogP contribution in [0.1, 0.15) is 25.7 Å². The van der Waals surface area contributed by atoms with Gasteiger partial charge in [-0.05, 0) is 0 Å². The number of rotatable bonds is 3. The van der Waals surface area contributed by atoms with Crippen LogP contribution in [0.3, 0.4) is 0 Å². The molecule has 2 aliphatic heterocycles. The van der Waals surface area contributed by atoms with E-state index in [1.807, 2.05) is 44.2 Å². The molecule has 0 amide bonds. The molecule has 0 aromatic heterocycles. The summed E-state index contributed by atoms with van der Waals surface area (Å²) in [6, 6.07) is 9.56. The van der Waals surface area contributed by atoms with Gasteiger partial charge in [0.05, 0.1) is 6.61 Å². The van der Waals surface area contributed by atoms with Gasteiger partial charge in [0.1, 0.15) is 29.9 Å². The van der Waals surface area contributed by atoms with Crippen LogP contribution in [0.4, 0.5) is 0 Å². The number of benzene rings is 1. The molecule has 1 aromatic rings. The molecule has 1 aromatic carbocycles. The third-order valence-electron chi connectivity index (χ3n) is 3.81. The van der Waals surface area contributed by atoms with Gasteiger partial charge in [0.2, 0.25) is 0 Å². The Kier molecular flexibility index (Phi) is 5.07. The van der Waals surface area contributed by atoms with Crippen molar-refractivity contribution in [2.75, 3.05) is 6.61 Å². The Bertz CT molecular complexity index is 481. The Morgan fingerprint density at radius 2 is 1.82 bits per heavy atom. The lowest BCUT2D eigenvalue weighted by Crippen LogP contribution is -2.61. The van der Waals surface area contributed by atoms with Gasteiger partial charge in [0, 0.05) is 10.8 Å². The second-order valence-electron chi connectivity index (χ2n) is 5.89. The van der Waals surface area contributed by atoms with Crippen molar-refractivity contribution in [3.8, 4) is 0 Å². The summed E-state index contributed by atoms with van der Waals surface area (Å²) in [7, 11) is 0. The first-order valence-corrected chi connectivity index (χ1v) is 8.49. The van der Waals surface area contributed by atoms with Crippen LogP contribution in [-0.2, 0) is 14.2 Å². The van der Waals surface area contributed by atoms with Crippen LogP contribution >= 0.6 is 11.8 Å². The molecule has 2 heterocycles. The van der Waals surface area contributed by atoms with E-state index in [1.54, 1.807) is 0 Å². The van der Waals surface area contributed by atoms with E-state index in [1.165, 1.54) is 11.8 Å². The maximum Gasteiger partial charge on any atom is 0.184 e. The molecular formula is C16H22O5S. The zero-order chi connectivity index (χ0) is 15.7. The highest BCUT2D eigenvalue weighted by Gasteiger charge is 2.49. The maximum atomic E-state index is 10.4. The monoisotopic (exact) mass is 326 g/mol. The number of hydrogen-bond donors (Lipinski definition) is 2. The number of ether oxygens (including phenoxy) is 3. The van der Waals surface area contributed by atoms with Gasteiger partial charge in [0.15, 0.2) is 6.29 Å². The predicted octanol–water partition coefficient (Wildman–Crippen LogP) is 1.69. The van der Waals surface area contributed by atoms with E-state index >= 15 is 0 Å². The molecule has 2 N–H and O–H groups in total. The van der Waals surface area contributed by atoms with Crippen molar-refractivity contribution in [3.05, 3.63) is 35.9 Å². The van der Waals surface area contributed by atoms with Crippen molar-refractivity contribution in [2.24, 2.45) is 0 Å². The summed E-state index contributed by atoms with van der Waals surface area (Å²) in [5.74, 6) is 0. The molecule has 2 fully saturated rings. The number of fused-ring (bicyclic) bond motifs is 1. The van der Waals surface area contributed by atoms with Crippen LogP contribution in [0.2, 0.25) is 0 Å². The molecule has 0 spiro atoms. The van der Waals surface area contributed by atoms with Crippen molar-refractivity contribution in [2.45, 2.75) is 55.2 Å². The molecule has 0 bridgehead atoms. The lowest BCUT2D eigenvalue weighted by atomic mass is 9.99. The molecule has 6 heteroatoms. The summed E-state index contributed by atoms with van der Waals surface area (Å²) in [6.07, 6.45) is -3.44. The molecule has 6 atom stereocenters. The van der Waals surface area contributed by atoms with Crippen molar-refractivity contribution in [3.63, 3.8) is 0 Å². The van der Waals surface area contributed by atoms with Crippen LogP contribution in [0.25, 0.3) is 0 Å². The van der Waals surface area contributed by atoms with E-state index < -0.39 is 30.0 Å². The largest absolute Gasteiger partial charge is 0.387 e. The molecule has 3 rings (SSSR count). The lowest BCUT2D eigenvalue weighted by molar-refractivity contribution is -0.318. The van der Waals surface area contributed by atoms with Crippen LogP contribution in [0, 0.1) is 0 Å². The van der Waals surface area contributed by atoms with Gasteiger partial charge in [-0.3, -0.25) is 0 Å². The normalized spacial score (nSPS) is 38.8. The molecule has 2 saturated heterocycles. The number of thioether (sulfide) groups is 1. The molecule has 0 saturated carbocycles. The first-order chi connectivity index (χ1) is 10.6. The summed E-state index contributed by atoms with van der Waals surface area (Å²) in [6.45, 7) is 4.39. The summed E-state index contributed by atoms with van der Waals surface area (Å²) < 4.78 is 17.4. The molecule has 2 aliphatic rings. The van der Waals surface area contributed by atoms with Gasteiger partial charge in [0.25, 0.3) is 0 Å². The molecule has 22 heavy (non-hydrogen) atoms. The lowest BCUT2D eigenvalue weighted by Gasteiger charge is -2.46. The second-order valence-corrected chi connectivity index (χ2v) is 7.57.